The molecule has 0 spiro atoms. The Kier molecular flexibility index (Phi) is 5.82. The fraction of sp³-hybridized carbons (Fsp3) is 0.524. The number of H-pyrrole nitrogens is 1. The normalized spacial score (nSPS) is 15.4. The Hall–Kier alpha value is -2.70. The van der Waals surface area contributed by atoms with Crippen LogP contribution in [-0.4, -0.2) is 51.9 Å². The number of nitrogens with zero attached hydrogens (tertiary/aromatic N) is 4. The van der Waals surface area contributed by atoms with E-state index in [9.17, 15) is 9.59 Å². The van der Waals surface area contributed by atoms with Crippen LogP contribution < -0.4 is 10.5 Å². The van der Waals surface area contributed by atoms with E-state index in [0.29, 0.717) is 18.8 Å². The molecule has 2 aromatic heterocycles. The highest BCUT2D eigenvalue weighted by molar-refractivity contribution is 5.81. The van der Waals surface area contributed by atoms with E-state index in [1.807, 2.05) is 44.7 Å². The lowest BCUT2D eigenvalue weighted by molar-refractivity contribution is -0.139. The first-order valence-electron chi connectivity index (χ1n) is 9.89. The van der Waals surface area contributed by atoms with Crippen molar-refractivity contribution in [2.24, 2.45) is 5.41 Å². The highest BCUT2D eigenvalue weighted by atomic mass is 16.2. The summed E-state index contributed by atoms with van der Waals surface area (Å²) in [6.07, 6.45) is 3.37. The van der Waals surface area contributed by atoms with Gasteiger partial charge in [-0.3, -0.25) is 9.59 Å². The van der Waals surface area contributed by atoms with Crippen molar-refractivity contribution in [3.8, 4) is 11.4 Å². The van der Waals surface area contributed by atoms with Crippen LogP contribution in [0, 0.1) is 5.41 Å². The van der Waals surface area contributed by atoms with Gasteiger partial charge in [0.15, 0.2) is 0 Å². The second-order valence-corrected chi connectivity index (χ2v) is 8.23. The van der Waals surface area contributed by atoms with E-state index in [4.69, 9.17) is 0 Å². The zero-order valence-corrected chi connectivity index (χ0v) is 17.2. The van der Waals surface area contributed by atoms with Gasteiger partial charge < -0.3 is 14.8 Å². The van der Waals surface area contributed by atoms with Crippen LogP contribution in [0.3, 0.4) is 0 Å². The third-order valence-corrected chi connectivity index (χ3v) is 4.93. The van der Waals surface area contributed by atoms with E-state index in [2.05, 4.69) is 19.9 Å². The van der Waals surface area contributed by atoms with Gasteiger partial charge in [-0.25, -0.2) is 9.97 Å². The Morgan fingerprint density at radius 3 is 2.61 bits per heavy atom. The molecule has 0 aromatic carbocycles. The van der Waals surface area contributed by atoms with Crippen molar-refractivity contribution in [1.82, 2.24) is 19.9 Å². The lowest BCUT2D eigenvalue weighted by atomic mass is 9.94. The molecular formula is C21H29N5O2. The number of nitrogens with one attached hydrogen (secondary N) is 1. The van der Waals surface area contributed by atoms with Gasteiger partial charge in [0.25, 0.3) is 5.56 Å². The number of hydrogen-bond donors (Lipinski definition) is 1. The van der Waals surface area contributed by atoms with Crippen LogP contribution in [0.25, 0.3) is 11.4 Å². The van der Waals surface area contributed by atoms with Gasteiger partial charge in [-0.1, -0.05) is 27.7 Å². The maximum absolute atomic E-state index is 12.6. The molecule has 1 N–H and O–H groups in total. The van der Waals surface area contributed by atoms with Crippen LogP contribution in [0.15, 0.2) is 29.2 Å². The minimum Gasteiger partial charge on any atom is -0.355 e. The number of aromatic nitrogens is 3. The molecule has 3 heterocycles. The fourth-order valence-corrected chi connectivity index (χ4v) is 3.36. The van der Waals surface area contributed by atoms with Crippen molar-refractivity contribution >= 4 is 11.7 Å². The molecule has 1 fully saturated rings. The number of hydrogen-bond acceptors (Lipinski definition) is 5. The van der Waals surface area contributed by atoms with Crippen molar-refractivity contribution in [2.45, 2.75) is 40.5 Å². The number of carbonyl (C=O) groups is 1. The lowest BCUT2D eigenvalue weighted by Gasteiger charge is -2.28. The molecule has 1 amide bonds. The van der Waals surface area contributed by atoms with Gasteiger partial charge in [-0.2, -0.15) is 0 Å². The van der Waals surface area contributed by atoms with Crippen LogP contribution in [0.4, 0.5) is 5.82 Å². The molecule has 1 saturated heterocycles. The Morgan fingerprint density at radius 1 is 1.18 bits per heavy atom. The van der Waals surface area contributed by atoms with Crippen molar-refractivity contribution in [2.75, 3.05) is 31.1 Å². The minimum atomic E-state index is -0.355. The SMILES string of the molecule is CCc1cc(=O)[nH]c(-c2ccc(N3CCCN(C(=O)C(C)(C)C)CC3)nc2)n1. The number of carbonyl (C=O) groups excluding carboxylic acids is 1. The van der Waals surface area contributed by atoms with Gasteiger partial charge in [0.2, 0.25) is 5.91 Å². The number of anilines is 1. The molecule has 150 valence electrons. The average molecular weight is 383 g/mol. The van der Waals surface area contributed by atoms with Gasteiger partial charge in [-0.15, -0.1) is 0 Å². The zero-order chi connectivity index (χ0) is 20.3. The summed E-state index contributed by atoms with van der Waals surface area (Å²) < 4.78 is 0. The molecule has 0 radical (unpaired) electrons. The molecule has 2 aromatic rings. The van der Waals surface area contributed by atoms with Crippen LogP contribution in [-0.2, 0) is 11.2 Å². The summed E-state index contributed by atoms with van der Waals surface area (Å²) in [7, 11) is 0. The van der Waals surface area contributed by atoms with Crippen molar-refractivity contribution < 1.29 is 4.79 Å². The van der Waals surface area contributed by atoms with Crippen LogP contribution >= 0.6 is 0 Å². The van der Waals surface area contributed by atoms with E-state index in [0.717, 1.165) is 43.1 Å². The highest BCUT2D eigenvalue weighted by Crippen LogP contribution is 2.21. The standard InChI is InChI=1S/C21H29N5O2/c1-5-16-13-18(27)24-19(23-16)15-7-8-17(22-14-15)25-9-6-10-26(12-11-25)20(28)21(2,3)4/h7-8,13-14H,5-6,9-12H2,1-4H3,(H,23,24,27). The minimum absolute atomic E-state index is 0.151. The maximum Gasteiger partial charge on any atom is 0.251 e. The molecule has 0 atom stereocenters. The largest absolute Gasteiger partial charge is 0.355 e. The molecule has 0 bridgehead atoms. The van der Waals surface area contributed by atoms with E-state index in [-0.39, 0.29) is 16.9 Å². The van der Waals surface area contributed by atoms with Crippen molar-refractivity contribution in [3.05, 3.63) is 40.4 Å². The molecule has 7 heteroatoms. The third-order valence-electron chi connectivity index (χ3n) is 4.93. The van der Waals surface area contributed by atoms with Crippen LogP contribution in [0.1, 0.15) is 39.8 Å². The topological polar surface area (TPSA) is 82.2 Å². The second kappa shape index (κ2) is 8.12. The number of pyridine rings is 1. The second-order valence-electron chi connectivity index (χ2n) is 8.23. The zero-order valence-electron chi connectivity index (χ0n) is 17.2. The van der Waals surface area contributed by atoms with Gasteiger partial charge >= 0.3 is 0 Å². The summed E-state index contributed by atoms with van der Waals surface area (Å²) in [6, 6.07) is 5.41. The average Bonchev–Trinajstić information content (AvgIpc) is 2.92. The van der Waals surface area contributed by atoms with E-state index in [1.54, 1.807) is 6.20 Å². The molecule has 7 nitrogen and oxygen atoms in total. The molecule has 1 aliphatic heterocycles. The summed E-state index contributed by atoms with van der Waals surface area (Å²) in [5.74, 6) is 1.62. The van der Waals surface area contributed by atoms with Crippen LogP contribution in [0.5, 0.6) is 0 Å². The first-order chi connectivity index (χ1) is 13.3. The molecule has 0 saturated carbocycles. The summed E-state index contributed by atoms with van der Waals surface area (Å²) in [6.45, 7) is 11.0. The van der Waals surface area contributed by atoms with Crippen LogP contribution in [0.2, 0.25) is 0 Å². The number of aromatic amines is 1. The fourth-order valence-electron chi connectivity index (χ4n) is 3.36. The maximum atomic E-state index is 12.6. The monoisotopic (exact) mass is 383 g/mol. The number of aryl methyl sites for hydroxylation is 1. The molecular weight excluding hydrogens is 354 g/mol. The van der Waals surface area contributed by atoms with Gasteiger partial charge in [0.1, 0.15) is 11.6 Å². The Labute approximate surface area is 165 Å². The van der Waals surface area contributed by atoms with Crippen molar-refractivity contribution in [3.63, 3.8) is 0 Å². The third kappa shape index (κ3) is 4.58. The van der Waals surface area contributed by atoms with Gasteiger partial charge in [-0.05, 0) is 25.0 Å². The highest BCUT2D eigenvalue weighted by Gasteiger charge is 2.28. The van der Waals surface area contributed by atoms with E-state index >= 15 is 0 Å². The Balaban J connectivity index is 1.73. The Morgan fingerprint density at radius 2 is 1.96 bits per heavy atom. The smallest absolute Gasteiger partial charge is 0.251 e. The van der Waals surface area contributed by atoms with E-state index < -0.39 is 0 Å². The van der Waals surface area contributed by atoms with Gasteiger partial charge in [0.05, 0.1) is 0 Å². The summed E-state index contributed by atoms with van der Waals surface area (Å²) in [5, 5.41) is 0. The quantitative estimate of drug-likeness (QED) is 0.880. The first kappa shape index (κ1) is 20.0. The lowest BCUT2D eigenvalue weighted by Crippen LogP contribution is -2.41. The van der Waals surface area contributed by atoms with Gasteiger partial charge in [0, 0.05) is 55.1 Å². The summed E-state index contributed by atoms with van der Waals surface area (Å²) in [4.78, 5) is 40.4. The summed E-state index contributed by atoms with van der Waals surface area (Å²) >= 11 is 0. The molecule has 28 heavy (non-hydrogen) atoms. The Bertz CT molecular complexity index is 883. The van der Waals surface area contributed by atoms with Crippen molar-refractivity contribution in [1.29, 1.82) is 0 Å². The van der Waals surface area contributed by atoms with E-state index in [1.165, 1.54) is 6.07 Å². The first-order valence-corrected chi connectivity index (χ1v) is 9.89. The molecule has 3 rings (SSSR count). The predicted octanol–water partition coefficient (Wildman–Crippen LogP) is 2.48. The number of amides is 1. The number of rotatable bonds is 3. The summed E-state index contributed by atoms with van der Waals surface area (Å²) in [5.41, 5.74) is 1.04. The predicted molar refractivity (Wildman–Crippen MR) is 110 cm³/mol. The molecule has 0 aliphatic carbocycles. The molecule has 1 aliphatic rings. The molecule has 0 unspecified atom stereocenters.